The number of nitrogens with two attached hydrogens (primary N) is 1. The maximum absolute atomic E-state index is 7.08. The van der Waals surface area contributed by atoms with Crippen molar-refractivity contribution in [3.8, 4) is 5.69 Å². The summed E-state index contributed by atoms with van der Waals surface area (Å²) in [5.74, 6) is 0. The van der Waals surface area contributed by atoms with Crippen LogP contribution in [0, 0.1) is 0 Å². The van der Waals surface area contributed by atoms with Gasteiger partial charge in [0, 0.05) is 29.0 Å². The Morgan fingerprint density at radius 1 is 0.857 bits per heavy atom. The van der Waals surface area contributed by atoms with E-state index in [-0.39, 0.29) is 11.6 Å². The molecule has 1 heterocycles. The Balaban J connectivity index is 1.83. The summed E-state index contributed by atoms with van der Waals surface area (Å²) in [7, 11) is -2.75. The van der Waals surface area contributed by atoms with E-state index < -0.39 is 8.32 Å². The summed E-state index contributed by atoms with van der Waals surface area (Å²) in [6, 6.07) is 26.6. The van der Waals surface area contributed by atoms with Gasteiger partial charge in [0.2, 0.25) is 0 Å². The molecule has 0 aliphatic rings. The largest absolute Gasteiger partial charge is 0.403 e. The first-order valence-electron chi connectivity index (χ1n) is 11.5. The first-order chi connectivity index (χ1) is 16.7. The average molecular weight is 544 g/mol. The fourth-order valence-electron chi connectivity index (χ4n) is 4.70. The summed E-state index contributed by atoms with van der Waals surface area (Å²) >= 11 is 19.9. The Morgan fingerprint density at radius 2 is 1.43 bits per heavy atom. The Bertz CT molecular complexity index is 1260. The van der Waals surface area contributed by atoms with E-state index in [4.69, 9.17) is 45.0 Å². The van der Waals surface area contributed by atoms with Gasteiger partial charge >= 0.3 is 0 Å². The SMILES string of the molecule is CC(C)(C)[Si](OCc1c(Cl)ccc(-n2cc(Cl)cc2CN)c1Cl)(c1ccccc1)c1ccccc1. The average Bonchev–Trinajstić information content (AvgIpc) is 3.22. The minimum absolute atomic E-state index is 0.160. The molecule has 0 saturated carbocycles. The van der Waals surface area contributed by atoms with E-state index in [1.54, 1.807) is 0 Å². The Hall–Kier alpha value is -2.05. The highest BCUT2D eigenvalue weighted by Crippen LogP contribution is 2.39. The lowest BCUT2D eigenvalue weighted by Gasteiger charge is -2.43. The number of hydrogen-bond acceptors (Lipinski definition) is 2. The zero-order chi connectivity index (χ0) is 25.2. The number of hydrogen-bond donors (Lipinski definition) is 1. The van der Waals surface area contributed by atoms with Gasteiger partial charge in [0.15, 0.2) is 0 Å². The molecule has 0 aliphatic carbocycles. The molecule has 4 aromatic rings. The van der Waals surface area contributed by atoms with Crippen LogP contribution in [0.25, 0.3) is 5.69 Å². The van der Waals surface area contributed by atoms with Crippen LogP contribution in [-0.2, 0) is 17.6 Å². The van der Waals surface area contributed by atoms with Crippen molar-refractivity contribution in [3.05, 3.63) is 111 Å². The molecule has 182 valence electrons. The quantitative estimate of drug-likeness (QED) is 0.256. The molecule has 4 rings (SSSR count). The van der Waals surface area contributed by atoms with Crippen molar-refractivity contribution in [1.29, 1.82) is 0 Å². The highest BCUT2D eigenvalue weighted by atomic mass is 35.5. The maximum Gasteiger partial charge on any atom is 0.261 e. The van der Waals surface area contributed by atoms with E-state index in [2.05, 4.69) is 69.3 Å². The van der Waals surface area contributed by atoms with Crippen molar-refractivity contribution >= 4 is 53.5 Å². The van der Waals surface area contributed by atoms with E-state index in [1.165, 1.54) is 10.4 Å². The van der Waals surface area contributed by atoms with Crippen molar-refractivity contribution < 1.29 is 4.43 Å². The Kier molecular flexibility index (Phi) is 7.82. The topological polar surface area (TPSA) is 40.2 Å². The van der Waals surface area contributed by atoms with Crippen molar-refractivity contribution in [2.24, 2.45) is 5.73 Å². The van der Waals surface area contributed by atoms with E-state index >= 15 is 0 Å². The Labute approximate surface area is 223 Å². The summed E-state index contributed by atoms with van der Waals surface area (Å²) in [6.07, 6.45) is 1.81. The van der Waals surface area contributed by atoms with Gasteiger partial charge in [-0.2, -0.15) is 0 Å². The lowest BCUT2D eigenvalue weighted by Crippen LogP contribution is -2.66. The molecule has 0 fully saturated rings. The van der Waals surface area contributed by atoms with Crippen LogP contribution in [0.4, 0.5) is 0 Å². The summed E-state index contributed by atoms with van der Waals surface area (Å²) in [5, 5.41) is 3.92. The van der Waals surface area contributed by atoms with Crippen LogP contribution < -0.4 is 16.1 Å². The number of rotatable bonds is 7. The van der Waals surface area contributed by atoms with E-state index in [0.29, 0.717) is 21.6 Å². The van der Waals surface area contributed by atoms with Gasteiger partial charge in [-0.05, 0) is 33.6 Å². The molecule has 2 N–H and O–H groups in total. The van der Waals surface area contributed by atoms with Gasteiger partial charge in [-0.25, -0.2) is 0 Å². The predicted octanol–water partition coefficient (Wildman–Crippen LogP) is 6.97. The van der Waals surface area contributed by atoms with Crippen molar-refractivity contribution in [3.63, 3.8) is 0 Å². The van der Waals surface area contributed by atoms with Crippen LogP contribution in [0.2, 0.25) is 20.1 Å². The molecule has 0 saturated heterocycles. The molecule has 3 nitrogen and oxygen atoms in total. The van der Waals surface area contributed by atoms with Crippen LogP contribution in [0.5, 0.6) is 0 Å². The molecule has 0 atom stereocenters. The Morgan fingerprint density at radius 3 is 1.94 bits per heavy atom. The first kappa shape index (κ1) is 26.0. The predicted molar refractivity (Wildman–Crippen MR) is 151 cm³/mol. The third-order valence-electron chi connectivity index (χ3n) is 6.35. The third kappa shape index (κ3) is 4.97. The minimum atomic E-state index is -2.75. The lowest BCUT2D eigenvalue weighted by molar-refractivity contribution is 0.286. The van der Waals surface area contributed by atoms with Gasteiger partial charge in [-0.3, -0.25) is 0 Å². The molecule has 3 aromatic carbocycles. The van der Waals surface area contributed by atoms with Crippen molar-refractivity contribution in [2.45, 2.75) is 39.0 Å². The second-order valence-corrected chi connectivity index (χ2v) is 15.1. The monoisotopic (exact) mass is 542 g/mol. The second kappa shape index (κ2) is 10.5. The van der Waals surface area contributed by atoms with Gasteiger partial charge in [-0.1, -0.05) is 116 Å². The van der Waals surface area contributed by atoms with Crippen LogP contribution >= 0.6 is 34.8 Å². The number of halogens is 3. The molecular weight excluding hydrogens is 515 g/mol. The summed E-state index contributed by atoms with van der Waals surface area (Å²) < 4.78 is 8.99. The lowest BCUT2D eigenvalue weighted by atomic mass is 10.2. The number of nitrogens with zero attached hydrogens (tertiary/aromatic N) is 1. The molecule has 0 radical (unpaired) electrons. The smallest absolute Gasteiger partial charge is 0.261 e. The zero-order valence-electron chi connectivity index (χ0n) is 20.1. The highest BCUT2D eigenvalue weighted by Gasteiger charge is 2.50. The minimum Gasteiger partial charge on any atom is -0.403 e. The summed E-state index contributed by atoms with van der Waals surface area (Å²) in [5.41, 5.74) is 8.31. The fraction of sp³-hybridized carbons (Fsp3) is 0.214. The second-order valence-electron chi connectivity index (χ2n) is 9.53. The number of benzene rings is 3. The normalized spacial score (nSPS) is 12.2. The highest BCUT2D eigenvalue weighted by molar-refractivity contribution is 6.99. The van der Waals surface area contributed by atoms with Crippen LogP contribution in [0.15, 0.2) is 85.1 Å². The molecule has 0 amide bonds. The molecule has 0 spiro atoms. The molecule has 0 unspecified atom stereocenters. The van der Waals surface area contributed by atoms with E-state index in [0.717, 1.165) is 16.9 Å². The van der Waals surface area contributed by atoms with Gasteiger partial charge in [0.25, 0.3) is 8.32 Å². The van der Waals surface area contributed by atoms with Crippen molar-refractivity contribution in [2.75, 3.05) is 0 Å². The molecule has 35 heavy (non-hydrogen) atoms. The zero-order valence-corrected chi connectivity index (χ0v) is 23.3. The van der Waals surface area contributed by atoms with Crippen molar-refractivity contribution in [1.82, 2.24) is 4.57 Å². The van der Waals surface area contributed by atoms with Gasteiger partial charge < -0.3 is 14.7 Å². The van der Waals surface area contributed by atoms with E-state index in [1.807, 2.05) is 41.1 Å². The standard InChI is InChI=1S/C28H29Cl3N2OSi/c1-28(2,3)35(22-10-6-4-7-11-22,23-12-8-5-9-13-23)34-19-24-25(30)14-15-26(27(24)31)33-18-20(29)16-21(33)17-32/h4-16,18H,17,19,32H2,1-3H3. The summed E-state index contributed by atoms with van der Waals surface area (Å²) in [6.45, 7) is 7.34. The van der Waals surface area contributed by atoms with Crippen LogP contribution in [-0.4, -0.2) is 12.9 Å². The molecule has 0 aliphatic heterocycles. The van der Waals surface area contributed by atoms with Gasteiger partial charge in [-0.15, -0.1) is 0 Å². The fourth-order valence-corrected chi connectivity index (χ4v) is 10.0. The molecule has 0 bridgehead atoms. The molecule has 1 aromatic heterocycles. The first-order valence-corrected chi connectivity index (χ1v) is 14.5. The third-order valence-corrected chi connectivity index (χ3v) is 12.3. The van der Waals surface area contributed by atoms with Gasteiger partial charge in [0.05, 0.1) is 22.3 Å². The van der Waals surface area contributed by atoms with Crippen LogP contribution in [0.1, 0.15) is 32.0 Å². The van der Waals surface area contributed by atoms with Gasteiger partial charge in [0.1, 0.15) is 0 Å². The molecular formula is C28H29Cl3N2OSi. The summed E-state index contributed by atoms with van der Waals surface area (Å²) in [4.78, 5) is 0. The van der Waals surface area contributed by atoms with E-state index in [9.17, 15) is 0 Å². The number of aromatic nitrogens is 1. The van der Waals surface area contributed by atoms with Crippen LogP contribution in [0.3, 0.4) is 0 Å². The molecule has 7 heteroatoms. The maximum atomic E-state index is 7.08.